The van der Waals surface area contributed by atoms with Crippen LogP contribution in [0.4, 0.5) is 16.3 Å². The number of pyridine rings is 1. The average Bonchev–Trinajstić information content (AvgIpc) is 4.01. The second-order valence-electron chi connectivity index (χ2n) is 16.1. The molecule has 8 rings (SSSR count). The Hall–Kier alpha value is -5.85. The number of nitrogens with zero attached hydrogens (tertiary/aromatic N) is 5. The first kappa shape index (κ1) is 42.3. The minimum Gasteiger partial charge on any atom is -0.444 e. The smallest absolute Gasteiger partial charge is 0.410 e. The Morgan fingerprint density at radius 2 is 1.60 bits per heavy atom. The van der Waals surface area contributed by atoms with E-state index in [1.165, 1.54) is 0 Å². The summed E-state index contributed by atoms with van der Waals surface area (Å²) < 4.78 is 7.31. The monoisotopic (exact) mass is 848 g/mol. The first-order chi connectivity index (χ1) is 28.9. The predicted molar refractivity (Wildman–Crippen MR) is 239 cm³/mol. The lowest BCUT2D eigenvalue weighted by molar-refractivity contribution is -0.110. The third-order valence-corrected chi connectivity index (χ3v) is 11.2. The van der Waals surface area contributed by atoms with Gasteiger partial charge >= 0.3 is 6.09 Å². The number of aromatic amines is 1. The molecule has 0 bridgehead atoms. The van der Waals surface area contributed by atoms with Crippen molar-refractivity contribution in [2.75, 3.05) is 36.4 Å². The molecular weight excluding hydrogens is 799 g/mol. The number of ether oxygens (including phenoxy) is 1. The van der Waals surface area contributed by atoms with Crippen molar-refractivity contribution in [2.45, 2.75) is 71.1 Å². The molecule has 2 fully saturated rings. The third-order valence-electron chi connectivity index (χ3n) is 10.7. The molecule has 312 valence electrons. The lowest BCUT2D eigenvalue weighted by atomic mass is 9.99. The van der Waals surface area contributed by atoms with E-state index in [-0.39, 0.29) is 29.7 Å². The number of nitrogens with one attached hydrogen (secondary N) is 3. The Balaban J connectivity index is 0.000000392. The molecule has 3 amide bonds. The minimum atomic E-state index is -0.361. The lowest BCUT2D eigenvalue weighted by Crippen LogP contribution is -2.42. The highest BCUT2D eigenvalue weighted by Gasteiger charge is 2.29. The van der Waals surface area contributed by atoms with Gasteiger partial charge in [-0.25, -0.2) is 14.8 Å². The first-order valence-electron chi connectivity index (χ1n) is 20.3. The van der Waals surface area contributed by atoms with Crippen LogP contribution in [-0.2, 0) is 9.53 Å². The van der Waals surface area contributed by atoms with Crippen molar-refractivity contribution in [3.05, 3.63) is 119 Å². The number of imidazole rings is 1. The topological polar surface area (TPSA) is 137 Å². The average molecular weight is 850 g/mol. The number of piperidine rings is 1. The van der Waals surface area contributed by atoms with Gasteiger partial charge in [0, 0.05) is 70.5 Å². The highest BCUT2D eigenvalue weighted by Crippen LogP contribution is 2.42. The van der Waals surface area contributed by atoms with Gasteiger partial charge in [0.25, 0.3) is 5.91 Å². The SMILES string of the molecule is CC(C)(C)OC(=O)N1CCCC1.CC(c1ccc(Cl)cc1)n1cnc(-c2ccccc2)c1-c1c(C(=O)Nc2cccnc2N2CCC(NC=O)CC2)[nH]c2cc(Cl)ccc12. The Morgan fingerprint density at radius 1 is 0.900 bits per heavy atom. The number of aromatic nitrogens is 4. The molecule has 0 spiro atoms. The van der Waals surface area contributed by atoms with Gasteiger partial charge in [-0.2, -0.15) is 0 Å². The van der Waals surface area contributed by atoms with Crippen molar-refractivity contribution in [3.63, 3.8) is 0 Å². The highest BCUT2D eigenvalue weighted by atomic mass is 35.5. The molecule has 2 saturated heterocycles. The Morgan fingerprint density at radius 3 is 2.28 bits per heavy atom. The lowest BCUT2D eigenvalue weighted by Gasteiger charge is -2.33. The van der Waals surface area contributed by atoms with Crippen molar-refractivity contribution in [1.82, 2.24) is 29.7 Å². The van der Waals surface area contributed by atoms with E-state index < -0.39 is 0 Å². The van der Waals surface area contributed by atoms with Gasteiger partial charge in [-0.15, -0.1) is 0 Å². The predicted octanol–water partition coefficient (Wildman–Crippen LogP) is 9.99. The van der Waals surface area contributed by atoms with Gasteiger partial charge in [0.15, 0.2) is 5.82 Å². The fourth-order valence-electron chi connectivity index (χ4n) is 7.71. The number of rotatable bonds is 9. The summed E-state index contributed by atoms with van der Waals surface area (Å²) in [6.45, 7) is 10.9. The maximum Gasteiger partial charge on any atom is 0.410 e. The summed E-state index contributed by atoms with van der Waals surface area (Å²) in [5.41, 5.74) is 5.54. The van der Waals surface area contributed by atoms with E-state index >= 15 is 0 Å². The third kappa shape index (κ3) is 9.77. The Bertz CT molecular complexity index is 2430. The van der Waals surface area contributed by atoms with E-state index in [1.54, 1.807) is 11.1 Å². The van der Waals surface area contributed by atoms with Crippen molar-refractivity contribution in [1.29, 1.82) is 0 Å². The molecule has 1 atom stereocenters. The molecule has 3 N–H and O–H groups in total. The van der Waals surface area contributed by atoms with Crippen LogP contribution < -0.4 is 15.5 Å². The van der Waals surface area contributed by atoms with Gasteiger partial charge in [-0.1, -0.05) is 71.7 Å². The number of likely N-dealkylation sites (tertiary alicyclic amines) is 1. The van der Waals surface area contributed by atoms with Crippen LogP contribution >= 0.6 is 23.2 Å². The number of anilines is 2. The fraction of sp³-hybridized carbons (Fsp3) is 0.326. The normalized spacial score (nSPS) is 15.0. The Labute approximate surface area is 360 Å². The number of hydrogen-bond acceptors (Lipinski definition) is 7. The molecule has 60 heavy (non-hydrogen) atoms. The zero-order valence-corrected chi connectivity index (χ0v) is 35.8. The van der Waals surface area contributed by atoms with E-state index in [0.29, 0.717) is 45.9 Å². The zero-order valence-electron chi connectivity index (χ0n) is 34.3. The van der Waals surface area contributed by atoms with Crippen LogP contribution in [-0.4, -0.2) is 80.7 Å². The van der Waals surface area contributed by atoms with Crippen molar-refractivity contribution in [2.24, 2.45) is 0 Å². The van der Waals surface area contributed by atoms with E-state index in [0.717, 1.165) is 78.6 Å². The van der Waals surface area contributed by atoms with Crippen molar-refractivity contribution < 1.29 is 19.1 Å². The van der Waals surface area contributed by atoms with E-state index in [1.807, 2.05) is 112 Å². The summed E-state index contributed by atoms with van der Waals surface area (Å²) in [5.74, 6) is 0.359. The van der Waals surface area contributed by atoms with Crippen LogP contribution in [0.25, 0.3) is 33.4 Å². The van der Waals surface area contributed by atoms with E-state index in [2.05, 4.69) is 37.0 Å². The van der Waals surface area contributed by atoms with Crippen LogP contribution in [0.2, 0.25) is 10.0 Å². The number of carbonyl (C=O) groups excluding carboxylic acids is 3. The number of amides is 3. The van der Waals surface area contributed by atoms with Crippen LogP contribution in [0.1, 0.15) is 75.5 Å². The molecule has 0 radical (unpaired) electrons. The molecule has 0 aliphatic carbocycles. The largest absolute Gasteiger partial charge is 0.444 e. The minimum absolute atomic E-state index is 0.125. The number of fused-ring (bicyclic) bond motifs is 1. The van der Waals surface area contributed by atoms with Crippen molar-refractivity contribution in [3.8, 4) is 22.5 Å². The van der Waals surface area contributed by atoms with Gasteiger partial charge in [-0.3, -0.25) is 9.59 Å². The molecular formula is C46H50Cl2N8O4. The van der Waals surface area contributed by atoms with Crippen LogP contribution in [0.3, 0.4) is 0 Å². The molecule has 2 aliphatic heterocycles. The summed E-state index contributed by atoms with van der Waals surface area (Å²) in [4.78, 5) is 53.7. The maximum absolute atomic E-state index is 14.5. The summed E-state index contributed by atoms with van der Waals surface area (Å²) in [6, 6.07) is 27.0. The van der Waals surface area contributed by atoms with Gasteiger partial charge in [0.2, 0.25) is 6.41 Å². The molecule has 0 saturated carbocycles. The number of benzene rings is 3. The zero-order chi connectivity index (χ0) is 42.4. The van der Waals surface area contributed by atoms with E-state index in [9.17, 15) is 14.4 Å². The van der Waals surface area contributed by atoms with Crippen LogP contribution in [0.15, 0.2) is 97.5 Å². The standard InChI is InChI=1S/C37H33Cl2N7O2.C9H17NO2/c1-23(24-9-11-26(38)12-10-24)46-21-41-33(25-6-3-2-4-7-25)35(46)32-29-14-13-27(39)20-31(29)43-34(32)37(48)44-30-8-5-17-40-36(30)45-18-15-28(16-19-45)42-22-47;1-9(2,3)12-8(11)10-6-4-5-7-10/h2-14,17,20-23,28,43H,15-16,18-19H2,1H3,(H,42,47)(H,44,48);4-7H2,1-3H3. The highest BCUT2D eigenvalue weighted by molar-refractivity contribution is 6.31. The summed E-state index contributed by atoms with van der Waals surface area (Å²) >= 11 is 12.7. The number of carbonyl (C=O) groups is 3. The van der Waals surface area contributed by atoms with Gasteiger partial charge in [0.1, 0.15) is 11.3 Å². The molecule has 14 heteroatoms. The maximum atomic E-state index is 14.5. The molecule has 12 nitrogen and oxygen atoms in total. The first-order valence-corrected chi connectivity index (χ1v) is 21.0. The molecule has 2 aliphatic rings. The summed E-state index contributed by atoms with van der Waals surface area (Å²) in [7, 11) is 0. The molecule has 3 aromatic heterocycles. The molecule has 5 heterocycles. The number of H-pyrrole nitrogens is 1. The Kier molecular flexibility index (Phi) is 13.1. The van der Waals surface area contributed by atoms with Gasteiger partial charge in [0.05, 0.1) is 29.4 Å². The quantitative estimate of drug-likeness (QED) is 0.123. The fourth-order valence-corrected chi connectivity index (χ4v) is 8.01. The van der Waals surface area contributed by atoms with Crippen LogP contribution in [0.5, 0.6) is 0 Å². The van der Waals surface area contributed by atoms with Gasteiger partial charge < -0.3 is 34.7 Å². The second-order valence-corrected chi connectivity index (χ2v) is 16.9. The number of halogens is 2. The number of hydrogen-bond donors (Lipinski definition) is 3. The summed E-state index contributed by atoms with van der Waals surface area (Å²) in [6.07, 6.45) is 7.93. The van der Waals surface area contributed by atoms with Crippen molar-refractivity contribution >= 4 is 64.0 Å². The molecule has 1 unspecified atom stereocenters. The van der Waals surface area contributed by atoms with Crippen LogP contribution in [0, 0.1) is 0 Å². The molecule has 3 aromatic carbocycles. The molecule has 6 aromatic rings. The van der Waals surface area contributed by atoms with E-state index in [4.69, 9.17) is 32.9 Å². The summed E-state index contributed by atoms with van der Waals surface area (Å²) in [5, 5.41) is 8.09. The van der Waals surface area contributed by atoms with Gasteiger partial charge in [-0.05, 0) is 95.3 Å². The second kappa shape index (κ2) is 18.6.